The Labute approximate surface area is 122 Å². The number of hydrogen-bond donors (Lipinski definition) is 2. The minimum absolute atomic E-state index is 0.167. The molecule has 0 bridgehead atoms. The van der Waals surface area contributed by atoms with Gasteiger partial charge in [0.25, 0.3) is 0 Å². The maximum Gasteiger partial charge on any atom is 0.234 e. The molecule has 2 aliphatic heterocycles. The molecule has 0 aliphatic carbocycles. The van der Waals surface area contributed by atoms with Gasteiger partial charge in [0.1, 0.15) is 0 Å². The molecule has 5 nitrogen and oxygen atoms in total. The van der Waals surface area contributed by atoms with Crippen molar-refractivity contribution in [1.29, 1.82) is 0 Å². The number of nitrogens with two attached hydrogens (primary N) is 1. The molecule has 2 aliphatic rings. The van der Waals surface area contributed by atoms with Crippen molar-refractivity contribution in [3.63, 3.8) is 0 Å². The first kappa shape index (κ1) is 15.7. The van der Waals surface area contributed by atoms with Crippen LogP contribution in [-0.4, -0.2) is 67.1 Å². The third kappa shape index (κ3) is 4.43. The summed E-state index contributed by atoms with van der Waals surface area (Å²) in [5.74, 6) is -0.213. The van der Waals surface area contributed by atoms with Crippen LogP contribution in [0.4, 0.5) is 0 Å². The van der Waals surface area contributed by atoms with Crippen LogP contribution in [0, 0.1) is 0 Å². The van der Waals surface area contributed by atoms with Crippen LogP contribution in [0.1, 0.15) is 39.0 Å². The normalized spacial score (nSPS) is 26.1. The molecule has 0 saturated carbocycles. The number of piperidine rings is 1. The van der Waals surface area contributed by atoms with Gasteiger partial charge in [0.2, 0.25) is 5.91 Å². The summed E-state index contributed by atoms with van der Waals surface area (Å²) < 4.78 is 0. The first-order valence-corrected chi connectivity index (χ1v) is 8.19. The number of nitrogens with one attached hydrogen (secondary N) is 1. The fourth-order valence-corrected chi connectivity index (χ4v) is 3.40. The van der Waals surface area contributed by atoms with Gasteiger partial charge >= 0.3 is 0 Å². The summed E-state index contributed by atoms with van der Waals surface area (Å²) >= 11 is 0. The van der Waals surface area contributed by atoms with Crippen LogP contribution in [0.5, 0.6) is 0 Å². The number of fused-ring (bicyclic) bond motifs is 1. The molecule has 2 saturated heterocycles. The summed E-state index contributed by atoms with van der Waals surface area (Å²) in [7, 11) is 0. The Morgan fingerprint density at radius 1 is 1.35 bits per heavy atom. The number of carbonyl (C=O) groups is 1. The zero-order chi connectivity index (χ0) is 14.4. The predicted octanol–water partition coefficient (Wildman–Crippen LogP) is 0.400. The van der Waals surface area contributed by atoms with E-state index >= 15 is 0 Å². The Hall–Kier alpha value is -0.650. The maximum atomic E-state index is 11.4. The van der Waals surface area contributed by atoms with Crippen LogP contribution in [0.25, 0.3) is 0 Å². The molecule has 116 valence electrons. The van der Waals surface area contributed by atoms with Crippen molar-refractivity contribution in [2.75, 3.05) is 39.3 Å². The molecular weight excluding hydrogens is 252 g/mol. The van der Waals surface area contributed by atoms with Gasteiger partial charge in [-0.1, -0.05) is 13.3 Å². The zero-order valence-electron chi connectivity index (χ0n) is 12.8. The molecule has 1 amide bonds. The number of rotatable bonds is 7. The van der Waals surface area contributed by atoms with Crippen molar-refractivity contribution in [3.05, 3.63) is 0 Å². The van der Waals surface area contributed by atoms with Crippen LogP contribution in [-0.2, 0) is 4.79 Å². The second-order valence-corrected chi connectivity index (χ2v) is 6.18. The van der Waals surface area contributed by atoms with Gasteiger partial charge < -0.3 is 16.0 Å². The molecule has 0 aromatic carbocycles. The predicted molar refractivity (Wildman–Crippen MR) is 81.5 cm³/mol. The number of hydrogen-bond acceptors (Lipinski definition) is 4. The van der Waals surface area contributed by atoms with Crippen LogP contribution in [0.2, 0.25) is 0 Å². The van der Waals surface area contributed by atoms with E-state index in [4.69, 9.17) is 5.73 Å². The van der Waals surface area contributed by atoms with Crippen LogP contribution < -0.4 is 11.1 Å². The number of piperazine rings is 1. The number of carbonyl (C=O) groups excluding carboxylic acids is 1. The van der Waals surface area contributed by atoms with E-state index in [9.17, 15) is 4.79 Å². The second kappa shape index (κ2) is 7.96. The first-order chi connectivity index (χ1) is 9.70. The summed E-state index contributed by atoms with van der Waals surface area (Å²) in [5.41, 5.74) is 5.47. The standard InChI is InChI=1S/C15H30N4O/c1-2-7-17-14(15(16)20)6-9-18-10-11-19-8-4-3-5-13(19)12-18/h13-14,17H,2-12H2,1H3,(H2,16,20). The average Bonchev–Trinajstić information content (AvgIpc) is 2.46. The molecule has 3 N–H and O–H groups in total. The number of primary amides is 1. The molecule has 5 heteroatoms. The van der Waals surface area contributed by atoms with Crippen molar-refractivity contribution in [2.45, 2.75) is 51.1 Å². The van der Waals surface area contributed by atoms with Crippen molar-refractivity contribution in [1.82, 2.24) is 15.1 Å². The van der Waals surface area contributed by atoms with Gasteiger partial charge in [0.05, 0.1) is 6.04 Å². The summed E-state index contributed by atoms with van der Waals surface area (Å²) in [6, 6.07) is 0.576. The second-order valence-electron chi connectivity index (χ2n) is 6.18. The lowest BCUT2D eigenvalue weighted by molar-refractivity contribution is -0.120. The summed E-state index contributed by atoms with van der Waals surface area (Å²) in [6.45, 7) is 8.72. The zero-order valence-corrected chi connectivity index (χ0v) is 12.8. The molecule has 2 atom stereocenters. The molecule has 2 fully saturated rings. The molecule has 2 heterocycles. The number of amides is 1. The van der Waals surface area contributed by atoms with Gasteiger partial charge in [0, 0.05) is 32.2 Å². The van der Waals surface area contributed by atoms with E-state index in [0.29, 0.717) is 0 Å². The third-order valence-electron chi connectivity index (χ3n) is 4.64. The summed E-state index contributed by atoms with van der Waals surface area (Å²) in [4.78, 5) is 16.6. The SMILES string of the molecule is CCCNC(CCN1CCN2CCCCC2C1)C(N)=O. The van der Waals surface area contributed by atoms with Crippen molar-refractivity contribution in [3.8, 4) is 0 Å². The van der Waals surface area contributed by atoms with Crippen LogP contribution in [0.15, 0.2) is 0 Å². The minimum Gasteiger partial charge on any atom is -0.368 e. The first-order valence-electron chi connectivity index (χ1n) is 8.19. The lowest BCUT2D eigenvalue weighted by Crippen LogP contribution is -2.55. The van der Waals surface area contributed by atoms with E-state index in [1.54, 1.807) is 0 Å². The molecule has 2 rings (SSSR count). The molecule has 2 unspecified atom stereocenters. The van der Waals surface area contributed by atoms with Gasteiger partial charge in [0.15, 0.2) is 0 Å². The lowest BCUT2D eigenvalue weighted by atomic mass is 9.99. The Kier molecular flexibility index (Phi) is 6.26. The van der Waals surface area contributed by atoms with Gasteiger partial charge in [-0.05, 0) is 38.8 Å². The Morgan fingerprint density at radius 2 is 2.20 bits per heavy atom. The Balaban J connectivity index is 1.74. The quantitative estimate of drug-likeness (QED) is 0.709. The van der Waals surface area contributed by atoms with E-state index in [1.165, 1.54) is 38.9 Å². The molecule has 0 aromatic rings. The highest BCUT2D eigenvalue weighted by atomic mass is 16.1. The summed E-state index contributed by atoms with van der Waals surface area (Å²) in [5, 5.41) is 3.25. The molecule has 0 spiro atoms. The van der Waals surface area contributed by atoms with Crippen LogP contribution >= 0.6 is 0 Å². The maximum absolute atomic E-state index is 11.4. The van der Waals surface area contributed by atoms with Crippen LogP contribution in [0.3, 0.4) is 0 Å². The van der Waals surface area contributed by atoms with Gasteiger partial charge in [-0.15, -0.1) is 0 Å². The average molecular weight is 282 g/mol. The van der Waals surface area contributed by atoms with E-state index in [0.717, 1.165) is 38.5 Å². The van der Waals surface area contributed by atoms with E-state index in [1.807, 2.05) is 0 Å². The van der Waals surface area contributed by atoms with Gasteiger partial charge in [-0.25, -0.2) is 0 Å². The third-order valence-corrected chi connectivity index (χ3v) is 4.64. The van der Waals surface area contributed by atoms with Gasteiger partial charge in [-0.2, -0.15) is 0 Å². The fraction of sp³-hybridized carbons (Fsp3) is 0.933. The van der Waals surface area contributed by atoms with Crippen molar-refractivity contribution < 1.29 is 4.79 Å². The van der Waals surface area contributed by atoms with Gasteiger partial charge in [-0.3, -0.25) is 9.69 Å². The van der Waals surface area contributed by atoms with E-state index < -0.39 is 0 Å². The smallest absolute Gasteiger partial charge is 0.234 e. The topological polar surface area (TPSA) is 61.6 Å². The monoisotopic (exact) mass is 282 g/mol. The molecule has 0 radical (unpaired) electrons. The molecule has 0 aromatic heterocycles. The largest absolute Gasteiger partial charge is 0.368 e. The Bertz CT molecular complexity index is 310. The van der Waals surface area contributed by atoms with Crippen molar-refractivity contribution in [2.24, 2.45) is 5.73 Å². The summed E-state index contributed by atoms with van der Waals surface area (Å²) in [6.07, 6.45) is 5.94. The van der Waals surface area contributed by atoms with E-state index in [2.05, 4.69) is 22.0 Å². The molecular formula is C15H30N4O. The highest BCUT2D eigenvalue weighted by molar-refractivity contribution is 5.79. The Morgan fingerprint density at radius 3 is 2.95 bits per heavy atom. The fourth-order valence-electron chi connectivity index (χ4n) is 3.40. The molecule has 20 heavy (non-hydrogen) atoms. The highest BCUT2D eigenvalue weighted by Gasteiger charge is 2.29. The minimum atomic E-state index is -0.213. The lowest BCUT2D eigenvalue weighted by Gasteiger charge is -2.44. The van der Waals surface area contributed by atoms with E-state index in [-0.39, 0.29) is 11.9 Å². The number of nitrogens with zero attached hydrogens (tertiary/aromatic N) is 2. The van der Waals surface area contributed by atoms with Crippen molar-refractivity contribution >= 4 is 5.91 Å². The highest BCUT2D eigenvalue weighted by Crippen LogP contribution is 2.21.